The fourth-order valence-electron chi connectivity index (χ4n) is 2.91. The molecule has 0 fully saturated rings. The van der Waals surface area contributed by atoms with E-state index in [0.717, 1.165) is 17.7 Å². The van der Waals surface area contributed by atoms with Crippen molar-refractivity contribution in [2.45, 2.75) is 38.8 Å². The predicted molar refractivity (Wildman–Crippen MR) is 94.8 cm³/mol. The van der Waals surface area contributed by atoms with Crippen LogP contribution in [0.2, 0.25) is 0 Å². The Morgan fingerprint density at radius 3 is 2.76 bits per heavy atom. The first-order valence-electron chi connectivity index (χ1n) is 7.20. The highest BCUT2D eigenvalue weighted by Crippen LogP contribution is 2.37. The molecule has 1 aliphatic heterocycles. The first kappa shape index (κ1) is 14.9. The van der Waals surface area contributed by atoms with Crippen LogP contribution in [0.25, 0.3) is 0 Å². The van der Waals surface area contributed by atoms with Gasteiger partial charge in [0.1, 0.15) is 11.4 Å². The summed E-state index contributed by atoms with van der Waals surface area (Å²) in [7, 11) is 0. The molecule has 0 bridgehead atoms. The van der Waals surface area contributed by atoms with Crippen molar-refractivity contribution in [3.8, 4) is 5.75 Å². The Bertz CT molecular complexity index is 694. The van der Waals surface area contributed by atoms with Gasteiger partial charge in [-0.3, -0.25) is 0 Å². The summed E-state index contributed by atoms with van der Waals surface area (Å²) in [5, 5.41) is 0. The summed E-state index contributed by atoms with van der Waals surface area (Å²) in [4.78, 5) is 0. The summed E-state index contributed by atoms with van der Waals surface area (Å²) in [5.74, 6) is 0.995. The molecule has 0 amide bonds. The van der Waals surface area contributed by atoms with Crippen molar-refractivity contribution >= 4 is 22.6 Å². The summed E-state index contributed by atoms with van der Waals surface area (Å²) < 4.78 is 7.18. The number of rotatable bonds is 2. The van der Waals surface area contributed by atoms with Crippen molar-refractivity contribution < 1.29 is 4.74 Å². The van der Waals surface area contributed by atoms with Crippen LogP contribution in [-0.2, 0) is 6.42 Å². The van der Waals surface area contributed by atoms with Crippen molar-refractivity contribution in [2.24, 2.45) is 5.73 Å². The van der Waals surface area contributed by atoms with Crippen LogP contribution >= 0.6 is 22.6 Å². The summed E-state index contributed by atoms with van der Waals surface area (Å²) >= 11 is 2.38. The Labute approximate surface area is 139 Å². The van der Waals surface area contributed by atoms with Gasteiger partial charge in [0.25, 0.3) is 0 Å². The second kappa shape index (κ2) is 5.29. The van der Waals surface area contributed by atoms with E-state index in [4.69, 9.17) is 10.5 Å². The number of halogens is 1. The summed E-state index contributed by atoms with van der Waals surface area (Å²) in [6.07, 6.45) is 0.938. The molecule has 110 valence electrons. The zero-order valence-electron chi connectivity index (χ0n) is 12.6. The Kier molecular flexibility index (Phi) is 3.74. The van der Waals surface area contributed by atoms with E-state index in [1.54, 1.807) is 0 Å². The smallest absolute Gasteiger partial charge is 0.123 e. The quantitative estimate of drug-likeness (QED) is 0.770. The van der Waals surface area contributed by atoms with Gasteiger partial charge in [-0.25, -0.2) is 0 Å². The lowest BCUT2D eigenvalue weighted by Gasteiger charge is -2.17. The predicted octanol–water partition coefficient (Wildman–Crippen LogP) is 4.36. The van der Waals surface area contributed by atoms with Crippen molar-refractivity contribution in [3.05, 3.63) is 62.2 Å². The normalized spacial score (nSPS) is 17.2. The average molecular weight is 393 g/mol. The molecule has 2 aromatic rings. The van der Waals surface area contributed by atoms with Crippen LogP contribution in [0.5, 0.6) is 5.75 Å². The lowest BCUT2D eigenvalue weighted by Crippen LogP contribution is -2.24. The third kappa shape index (κ3) is 2.81. The topological polar surface area (TPSA) is 35.2 Å². The van der Waals surface area contributed by atoms with Gasteiger partial charge in [0, 0.05) is 9.99 Å². The minimum absolute atomic E-state index is 0.0918. The first-order chi connectivity index (χ1) is 9.87. The maximum Gasteiger partial charge on any atom is 0.123 e. The van der Waals surface area contributed by atoms with Crippen molar-refractivity contribution in [1.29, 1.82) is 0 Å². The maximum absolute atomic E-state index is 6.50. The number of hydrogen-bond acceptors (Lipinski definition) is 2. The van der Waals surface area contributed by atoms with E-state index in [-0.39, 0.29) is 11.6 Å². The number of benzene rings is 2. The van der Waals surface area contributed by atoms with Crippen LogP contribution in [0.1, 0.15) is 42.1 Å². The molecule has 3 rings (SSSR count). The van der Waals surface area contributed by atoms with Crippen LogP contribution in [0.3, 0.4) is 0 Å². The van der Waals surface area contributed by atoms with E-state index in [0.29, 0.717) is 0 Å². The zero-order chi connectivity index (χ0) is 15.2. The van der Waals surface area contributed by atoms with Gasteiger partial charge in [-0.2, -0.15) is 0 Å². The standard InChI is InChI=1S/C18H20INO/c1-11-5-4-6-14(16(11)19)17(20)12-7-8-15-13(9-12)10-18(2,3)21-15/h4-9,17H,10,20H2,1-3H3. The first-order valence-corrected chi connectivity index (χ1v) is 8.28. The average Bonchev–Trinajstić information content (AvgIpc) is 2.73. The molecular formula is C18H20INO. The van der Waals surface area contributed by atoms with Gasteiger partial charge in [0.05, 0.1) is 6.04 Å². The minimum Gasteiger partial charge on any atom is -0.487 e. The Balaban J connectivity index is 1.97. The SMILES string of the molecule is Cc1cccc(C(N)c2ccc3c(c2)CC(C)(C)O3)c1I. The molecular weight excluding hydrogens is 373 g/mol. The van der Waals surface area contributed by atoms with E-state index in [1.807, 2.05) is 0 Å². The van der Waals surface area contributed by atoms with Gasteiger partial charge in [0.2, 0.25) is 0 Å². The fourth-order valence-corrected chi connectivity index (χ4v) is 3.61. The number of ether oxygens (including phenoxy) is 1. The number of hydrogen-bond donors (Lipinski definition) is 1. The van der Waals surface area contributed by atoms with Gasteiger partial charge < -0.3 is 10.5 Å². The van der Waals surface area contributed by atoms with Crippen LogP contribution in [0.4, 0.5) is 0 Å². The minimum atomic E-state index is -0.108. The Hall–Kier alpha value is -1.07. The molecule has 0 aromatic heterocycles. The molecule has 0 saturated heterocycles. The van der Waals surface area contributed by atoms with Gasteiger partial charge in [0.15, 0.2) is 0 Å². The molecule has 2 N–H and O–H groups in total. The molecule has 1 aliphatic rings. The lowest BCUT2D eigenvalue weighted by atomic mass is 9.94. The van der Waals surface area contributed by atoms with E-state index in [2.05, 4.69) is 79.8 Å². The number of nitrogens with two attached hydrogens (primary N) is 1. The van der Waals surface area contributed by atoms with Gasteiger partial charge >= 0.3 is 0 Å². The van der Waals surface area contributed by atoms with Crippen LogP contribution < -0.4 is 10.5 Å². The van der Waals surface area contributed by atoms with Gasteiger partial charge in [-0.15, -0.1) is 0 Å². The highest BCUT2D eigenvalue weighted by Gasteiger charge is 2.30. The third-order valence-electron chi connectivity index (χ3n) is 4.00. The second-order valence-electron chi connectivity index (χ2n) is 6.36. The van der Waals surface area contributed by atoms with E-state index >= 15 is 0 Å². The molecule has 0 radical (unpaired) electrons. The van der Waals surface area contributed by atoms with Crippen molar-refractivity contribution in [1.82, 2.24) is 0 Å². The molecule has 21 heavy (non-hydrogen) atoms. The van der Waals surface area contributed by atoms with Crippen LogP contribution in [-0.4, -0.2) is 5.60 Å². The van der Waals surface area contributed by atoms with E-state index in [9.17, 15) is 0 Å². The molecule has 0 saturated carbocycles. The second-order valence-corrected chi connectivity index (χ2v) is 7.44. The summed E-state index contributed by atoms with van der Waals surface area (Å²) in [5.41, 5.74) is 11.3. The molecule has 2 aromatic carbocycles. The largest absolute Gasteiger partial charge is 0.487 e. The molecule has 2 nitrogen and oxygen atoms in total. The molecule has 1 heterocycles. The van der Waals surface area contributed by atoms with Crippen LogP contribution in [0, 0.1) is 10.5 Å². The highest BCUT2D eigenvalue weighted by atomic mass is 127. The highest BCUT2D eigenvalue weighted by molar-refractivity contribution is 14.1. The van der Waals surface area contributed by atoms with E-state index < -0.39 is 0 Å². The number of fused-ring (bicyclic) bond motifs is 1. The summed E-state index contributed by atoms with van der Waals surface area (Å²) in [6, 6.07) is 12.6. The molecule has 1 atom stereocenters. The van der Waals surface area contributed by atoms with E-state index in [1.165, 1.54) is 20.3 Å². The van der Waals surface area contributed by atoms with Crippen LogP contribution in [0.15, 0.2) is 36.4 Å². The van der Waals surface area contributed by atoms with Crippen molar-refractivity contribution in [2.75, 3.05) is 0 Å². The Morgan fingerprint density at radius 1 is 1.24 bits per heavy atom. The molecule has 0 spiro atoms. The molecule has 3 heteroatoms. The van der Waals surface area contributed by atoms with Gasteiger partial charge in [-0.1, -0.05) is 30.3 Å². The summed E-state index contributed by atoms with van der Waals surface area (Å²) in [6.45, 7) is 6.36. The molecule has 1 unspecified atom stereocenters. The number of aryl methyl sites for hydroxylation is 1. The zero-order valence-corrected chi connectivity index (χ0v) is 14.8. The van der Waals surface area contributed by atoms with Crippen molar-refractivity contribution in [3.63, 3.8) is 0 Å². The van der Waals surface area contributed by atoms with Gasteiger partial charge in [-0.05, 0) is 71.7 Å². The lowest BCUT2D eigenvalue weighted by molar-refractivity contribution is 0.138. The fraction of sp³-hybridized carbons (Fsp3) is 0.333. The third-order valence-corrected chi connectivity index (χ3v) is 5.48. The monoisotopic (exact) mass is 393 g/mol. The Morgan fingerprint density at radius 2 is 2.00 bits per heavy atom. The molecule has 0 aliphatic carbocycles. The maximum atomic E-state index is 6.50.